The quantitative estimate of drug-likeness (QED) is 0.806. The van der Waals surface area contributed by atoms with Crippen molar-refractivity contribution in [1.82, 2.24) is 15.5 Å². The minimum Gasteiger partial charge on any atom is -0.476 e. The predicted molar refractivity (Wildman–Crippen MR) is 68.0 cm³/mol. The van der Waals surface area contributed by atoms with Crippen molar-refractivity contribution in [2.75, 3.05) is 25.0 Å². The molecule has 1 fully saturated rings. The zero-order chi connectivity index (χ0) is 13.8. The molecule has 2 N–H and O–H groups in total. The second kappa shape index (κ2) is 5.64. The Bertz CT molecular complexity index is 474. The number of carboxylic acids is 1. The summed E-state index contributed by atoms with van der Waals surface area (Å²) in [6.07, 6.45) is 1.76. The Balaban J connectivity index is 2.08. The maximum atomic E-state index is 11.6. The maximum absolute atomic E-state index is 11.6. The molecular weight excluding hydrogens is 248 g/mol. The zero-order valence-corrected chi connectivity index (χ0v) is 10.7. The Morgan fingerprint density at radius 1 is 1.42 bits per heavy atom. The van der Waals surface area contributed by atoms with Crippen molar-refractivity contribution in [3.63, 3.8) is 0 Å². The van der Waals surface area contributed by atoms with Crippen molar-refractivity contribution in [3.05, 3.63) is 17.8 Å². The van der Waals surface area contributed by atoms with E-state index in [-0.39, 0.29) is 17.5 Å². The van der Waals surface area contributed by atoms with Crippen molar-refractivity contribution >= 4 is 17.7 Å². The number of hydrogen-bond donors (Lipinski definition) is 2. The fourth-order valence-electron chi connectivity index (χ4n) is 2.21. The summed E-state index contributed by atoms with van der Waals surface area (Å²) < 4.78 is 0. The summed E-state index contributed by atoms with van der Waals surface area (Å²) in [5.41, 5.74) is -0.0800. The first-order chi connectivity index (χ1) is 9.11. The summed E-state index contributed by atoms with van der Waals surface area (Å²) in [5, 5.41) is 19.0. The molecule has 1 aliphatic heterocycles. The van der Waals surface area contributed by atoms with Crippen molar-refractivity contribution < 1.29 is 14.7 Å². The molecular formula is C12H16N4O3. The van der Waals surface area contributed by atoms with E-state index in [1.807, 2.05) is 4.90 Å². The number of carbonyl (C=O) groups is 2. The minimum absolute atomic E-state index is 0.0276. The van der Waals surface area contributed by atoms with E-state index in [1.165, 1.54) is 6.07 Å². The van der Waals surface area contributed by atoms with E-state index < -0.39 is 5.97 Å². The number of hydrogen-bond acceptors (Lipinski definition) is 5. The van der Waals surface area contributed by atoms with E-state index in [9.17, 15) is 9.59 Å². The van der Waals surface area contributed by atoms with Gasteiger partial charge in [-0.25, -0.2) is 4.79 Å². The molecule has 2 rings (SSSR count). The van der Waals surface area contributed by atoms with Gasteiger partial charge in [0.25, 0.3) is 0 Å². The predicted octanol–water partition coefficient (Wildman–Crippen LogP) is 0.137. The number of anilines is 1. The molecule has 0 saturated carbocycles. The fraction of sp³-hybridized carbons (Fsp3) is 0.500. The zero-order valence-electron chi connectivity index (χ0n) is 10.7. The van der Waals surface area contributed by atoms with Gasteiger partial charge in [0.1, 0.15) is 0 Å². The van der Waals surface area contributed by atoms with Gasteiger partial charge in [-0.05, 0) is 25.0 Å². The van der Waals surface area contributed by atoms with Gasteiger partial charge in [0.05, 0.1) is 5.92 Å². The molecule has 0 aromatic carbocycles. The van der Waals surface area contributed by atoms with Crippen LogP contribution in [0.25, 0.3) is 0 Å². The average molecular weight is 264 g/mol. The number of carboxylic acid groups (broad SMARTS) is 1. The molecule has 0 bridgehead atoms. The summed E-state index contributed by atoms with van der Waals surface area (Å²) in [6.45, 7) is 1.38. The molecule has 1 aliphatic rings. The van der Waals surface area contributed by atoms with Crippen molar-refractivity contribution in [3.8, 4) is 0 Å². The third-order valence-electron chi connectivity index (χ3n) is 3.23. The van der Waals surface area contributed by atoms with Crippen molar-refractivity contribution in [2.45, 2.75) is 12.8 Å². The molecule has 7 heteroatoms. The lowest BCUT2D eigenvalue weighted by atomic mass is 9.97. The number of rotatable bonds is 3. The van der Waals surface area contributed by atoms with Gasteiger partial charge in [0.2, 0.25) is 5.91 Å². The number of amides is 1. The molecule has 1 unspecified atom stereocenters. The molecule has 1 aromatic rings. The second-order valence-electron chi connectivity index (χ2n) is 4.48. The number of aromatic carboxylic acids is 1. The van der Waals surface area contributed by atoms with Gasteiger partial charge in [-0.15, -0.1) is 10.2 Å². The molecule has 0 aliphatic carbocycles. The Morgan fingerprint density at radius 3 is 2.79 bits per heavy atom. The highest BCUT2D eigenvalue weighted by Gasteiger charge is 2.26. The highest BCUT2D eigenvalue weighted by molar-refractivity contribution is 5.85. The Hall–Kier alpha value is -2.18. The molecule has 7 nitrogen and oxygen atoms in total. The van der Waals surface area contributed by atoms with Crippen LogP contribution in [0.4, 0.5) is 5.82 Å². The van der Waals surface area contributed by atoms with E-state index in [2.05, 4.69) is 15.5 Å². The monoisotopic (exact) mass is 264 g/mol. The van der Waals surface area contributed by atoms with Gasteiger partial charge in [-0.1, -0.05) is 0 Å². The summed E-state index contributed by atoms with van der Waals surface area (Å²) in [5.74, 6) is -0.515. The number of nitrogens with zero attached hydrogens (tertiary/aromatic N) is 3. The Morgan fingerprint density at radius 2 is 2.21 bits per heavy atom. The van der Waals surface area contributed by atoms with Crippen LogP contribution < -0.4 is 10.2 Å². The number of carbonyl (C=O) groups excluding carboxylic acids is 1. The second-order valence-corrected chi connectivity index (χ2v) is 4.48. The third kappa shape index (κ3) is 2.98. The Kier molecular flexibility index (Phi) is 3.94. The number of piperidine rings is 1. The van der Waals surface area contributed by atoms with Gasteiger partial charge in [-0.2, -0.15) is 0 Å². The lowest BCUT2D eigenvalue weighted by Crippen LogP contribution is -2.42. The molecule has 19 heavy (non-hydrogen) atoms. The summed E-state index contributed by atoms with van der Waals surface area (Å²) in [4.78, 5) is 24.3. The van der Waals surface area contributed by atoms with Gasteiger partial charge in [0, 0.05) is 20.1 Å². The highest BCUT2D eigenvalue weighted by atomic mass is 16.4. The van der Waals surface area contributed by atoms with Crippen LogP contribution in [-0.2, 0) is 4.79 Å². The van der Waals surface area contributed by atoms with E-state index in [0.717, 1.165) is 19.4 Å². The molecule has 0 spiro atoms. The van der Waals surface area contributed by atoms with Crippen LogP contribution in [-0.4, -0.2) is 47.3 Å². The van der Waals surface area contributed by atoms with Crippen molar-refractivity contribution in [1.29, 1.82) is 0 Å². The molecule has 2 heterocycles. The molecule has 102 valence electrons. The largest absolute Gasteiger partial charge is 0.476 e. The van der Waals surface area contributed by atoms with E-state index in [4.69, 9.17) is 5.11 Å². The lowest BCUT2D eigenvalue weighted by Gasteiger charge is -2.32. The van der Waals surface area contributed by atoms with Gasteiger partial charge in [0.15, 0.2) is 11.5 Å². The number of aromatic nitrogens is 2. The summed E-state index contributed by atoms with van der Waals surface area (Å²) in [7, 11) is 1.63. The first kappa shape index (κ1) is 13.3. The van der Waals surface area contributed by atoms with Crippen LogP contribution in [0, 0.1) is 5.92 Å². The molecule has 1 aromatic heterocycles. The van der Waals surface area contributed by atoms with Gasteiger partial charge < -0.3 is 15.3 Å². The SMILES string of the molecule is CNC(=O)C1CCCN(c2ccc(C(=O)O)nn2)C1. The normalized spacial score (nSPS) is 19.0. The van der Waals surface area contributed by atoms with Crippen LogP contribution >= 0.6 is 0 Å². The highest BCUT2D eigenvalue weighted by Crippen LogP contribution is 2.21. The van der Waals surface area contributed by atoms with E-state index in [1.54, 1.807) is 13.1 Å². The van der Waals surface area contributed by atoms with Crippen LogP contribution in [0.3, 0.4) is 0 Å². The molecule has 1 atom stereocenters. The first-order valence-electron chi connectivity index (χ1n) is 6.15. The number of nitrogens with one attached hydrogen (secondary N) is 1. The molecule has 0 radical (unpaired) electrons. The summed E-state index contributed by atoms with van der Waals surface area (Å²) in [6, 6.07) is 3.05. The Labute approximate surface area is 110 Å². The third-order valence-corrected chi connectivity index (χ3v) is 3.23. The van der Waals surface area contributed by atoms with E-state index >= 15 is 0 Å². The van der Waals surface area contributed by atoms with Crippen molar-refractivity contribution in [2.24, 2.45) is 5.92 Å². The van der Waals surface area contributed by atoms with E-state index in [0.29, 0.717) is 12.4 Å². The smallest absolute Gasteiger partial charge is 0.356 e. The van der Waals surface area contributed by atoms with Gasteiger partial charge >= 0.3 is 5.97 Å². The fourth-order valence-corrected chi connectivity index (χ4v) is 2.21. The lowest BCUT2D eigenvalue weighted by molar-refractivity contribution is -0.124. The molecule has 1 saturated heterocycles. The van der Waals surface area contributed by atoms with Crippen LogP contribution in [0.2, 0.25) is 0 Å². The first-order valence-corrected chi connectivity index (χ1v) is 6.15. The maximum Gasteiger partial charge on any atom is 0.356 e. The van der Waals surface area contributed by atoms with Crippen LogP contribution in [0.5, 0.6) is 0 Å². The summed E-state index contributed by atoms with van der Waals surface area (Å²) >= 11 is 0. The minimum atomic E-state index is -1.10. The molecule has 1 amide bonds. The van der Waals surface area contributed by atoms with Crippen LogP contribution in [0.1, 0.15) is 23.3 Å². The average Bonchev–Trinajstić information content (AvgIpc) is 2.46. The van der Waals surface area contributed by atoms with Gasteiger partial charge in [-0.3, -0.25) is 4.79 Å². The topological polar surface area (TPSA) is 95.4 Å². The standard InChI is InChI=1S/C12H16N4O3/c1-13-11(17)8-3-2-6-16(7-8)10-5-4-9(12(18)19)14-15-10/h4-5,8H,2-3,6-7H2,1H3,(H,13,17)(H,18,19). The van der Waals surface area contributed by atoms with Crippen LogP contribution in [0.15, 0.2) is 12.1 Å².